The minimum Gasteiger partial charge on any atom is -0.387 e. The lowest BCUT2D eigenvalue weighted by Crippen LogP contribution is -2.44. The number of para-hydroxylation sites is 2. The van der Waals surface area contributed by atoms with E-state index in [0.29, 0.717) is 35.0 Å². The first-order valence-corrected chi connectivity index (χ1v) is 15.1. The molecule has 40 heavy (non-hydrogen) atoms. The molecule has 0 spiro atoms. The van der Waals surface area contributed by atoms with Crippen LogP contribution in [-0.2, 0) is 0 Å². The molecule has 1 saturated carbocycles. The van der Waals surface area contributed by atoms with E-state index in [1.54, 1.807) is 23.6 Å². The number of anilines is 1. The number of pyridine rings is 1. The van der Waals surface area contributed by atoms with Gasteiger partial charge in [0.05, 0.1) is 34.7 Å². The van der Waals surface area contributed by atoms with Gasteiger partial charge in [0, 0.05) is 24.2 Å². The summed E-state index contributed by atoms with van der Waals surface area (Å²) in [5, 5.41) is 12.5. The van der Waals surface area contributed by atoms with E-state index in [2.05, 4.69) is 34.0 Å². The van der Waals surface area contributed by atoms with Crippen LogP contribution >= 0.6 is 0 Å². The van der Waals surface area contributed by atoms with E-state index in [-0.39, 0.29) is 17.3 Å². The number of hydrogen-bond acceptors (Lipinski definition) is 6. The molecule has 8 heteroatoms. The molecule has 2 fully saturated rings. The number of hydrogen-bond donors (Lipinski definition) is 2. The normalized spacial score (nSPS) is 22.5. The van der Waals surface area contributed by atoms with Gasteiger partial charge < -0.3 is 15.0 Å². The highest BCUT2D eigenvalue weighted by atomic mass is 16.3. The van der Waals surface area contributed by atoms with E-state index in [9.17, 15) is 14.7 Å². The predicted molar refractivity (Wildman–Crippen MR) is 159 cm³/mol. The van der Waals surface area contributed by atoms with Gasteiger partial charge in [0.2, 0.25) is 0 Å². The van der Waals surface area contributed by atoms with Crippen LogP contribution in [0.5, 0.6) is 0 Å². The first-order chi connectivity index (χ1) is 19.3. The maximum absolute atomic E-state index is 13.9. The first-order valence-electron chi connectivity index (χ1n) is 15.1. The molecule has 1 saturated heterocycles. The fraction of sp³-hybridized carbons (Fsp3) is 0.562. The highest BCUT2D eigenvalue weighted by molar-refractivity contribution is 6.03. The molecular formula is C32H43N5O3. The molecule has 2 aromatic heterocycles. The van der Waals surface area contributed by atoms with Crippen molar-refractivity contribution in [2.75, 3.05) is 5.32 Å². The van der Waals surface area contributed by atoms with Crippen molar-refractivity contribution < 1.29 is 9.90 Å². The lowest BCUT2D eigenvalue weighted by Gasteiger charge is -2.38. The van der Waals surface area contributed by atoms with Gasteiger partial charge in [0.15, 0.2) is 5.69 Å². The Morgan fingerprint density at radius 1 is 1.02 bits per heavy atom. The SMILES string of the molecule is CC(O)c1ccc(NC(=O)c2nc3ccccc3n([C@@H](C)C[C@@H]3CCC(C)N3C3CCCCCCC3)c2=O)cn1. The van der Waals surface area contributed by atoms with Crippen LogP contribution in [0.4, 0.5) is 5.69 Å². The van der Waals surface area contributed by atoms with Crippen molar-refractivity contribution in [1.82, 2.24) is 19.4 Å². The maximum Gasteiger partial charge on any atom is 0.282 e. The molecule has 4 atom stereocenters. The van der Waals surface area contributed by atoms with Crippen LogP contribution in [0.3, 0.4) is 0 Å². The Morgan fingerprint density at radius 3 is 2.45 bits per heavy atom. The summed E-state index contributed by atoms with van der Waals surface area (Å²) >= 11 is 0. The molecule has 3 heterocycles. The highest BCUT2D eigenvalue weighted by Gasteiger charge is 2.36. The molecule has 2 unspecified atom stereocenters. The summed E-state index contributed by atoms with van der Waals surface area (Å²) < 4.78 is 1.78. The summed E-state index contributed by atoms with van der Waals surface area (Å²) in [6, 6.07) is 12.4. The van der Waals surface area contributed by atoms with Crippen LogP contribution in [0.2, 0.25) is 0 Å². The summed E-state index contributed by atoms with van der Waals surface area (Å²) in [6.07, 6.45) is 13.2. The van der Waals surface area contributed by atoms with Crippen LogP contribution in [-0.4, -0.2) is 48.6 Å². The van der Waals surface area contributed by atoms with Crippen LogP contribution in [0, 0.1) is 0 Å². The average molecular weight is 546 g/mol. The van der Waals surface area contributed by atoms with Crippen LogP contribution < -0.4 is 10.9 Å². The second-order valence-electron chi connectivity index (χ2n) is 11.8. The Hall–Kier alpha value is -3.10. The zero-order valence-electron chi connectivity index (χ0n) is 24.1. The molecular weight excluding hydrogens is 502 g/mol. The number of rotatable bonds is 7. The quantitative estimate of drug-likeness (QED) is 0.377. The molecule has 3 aromatic rings. The van der Waals surface area contributed by atoms with Gasteiger partial charge in [-0.2, -0.15) is 0 Å². The van der Waals surface area contributed by atoms with Crippen molar-refractivity contribution in [1.29, 1.82) is 0 Å². The Morgan fingerprint density at radius 2 is 1.75 bits per heavy atom. The summed E-state index contributed by atoms with van der Waals surface area (Å²) in [6.45, 7) is 6.10. The minimum atomic E-state index is -0.702. The van der Waals surface area contributed by atoms with Gasteiger partial charge in [-0.25, -0.2) is 4.98 Å². The third kappa shape index (κ3) is 6.13. The molecule has 2 N–H and O–H groups in total. The largest absolute Gasteiger partial charge is 0.387 e. The number of aromatic nitrogens is 3. The number of carbonyl (C=O) groups is 1. The second-order valence-corrected chi connectivity index (χ2v) is 11.8. The zero-order valence-corrected chi connectivity index (χ0v) is 24.1. The number of aliphatic hydroxyl groups is 1. The number of nitrogens with one attached hydrogen (secondary N) is 1. The monoisotopic (exact) mass is 545 g/mol. The second kappa shape index (κ2) is 12.6. The summed E-state index contributed by atoms with van der Waals surface area (Å²) in [5.41, 5.74) is 1.83. The number of benzene rings is 1. The van der Waals surface area contributed by atoms with Gasteiger partial charge >= 0.3 is 0 Å². The van der Waals surface area contributed by atoms with Crippen molar-refractivity contribution in [3.8, 4) is 0 Å². The average Bonchev–Trinajstić information content (AvgIpc) is 3.27. The fourth-order valence-corrected chi connectivity index (χ4v) is 6.88. The van der Waals surface area contributed by atoms with E-state index in [0.717, 1.165) is 18.4 Å². The zero-order chi connectivity index (χ0) is 28.2. The van der Waals surface area contributed by atoms with E-state index in [1.807, 2.05) is 24.3 Å². The molecule has 1 aliphatic carbocycles. The third-order valence-corrected chi connectivity index (χ3v) is 8.88. The van der Waals surface area contributed by atoms with Crippen LogP contribution in [0.15, 0.2) is 47.4 Å². The third-order valence-electron chi connectivity index (χ3n) is 8.88. The summed E-state index contributed by atoms with van der Waals surface area (Å²) in [7, 11) is 0. The fourth-order valence-electron chi connectivity index (χ4n) is 6.88. The van der Waals surface area contributed by atoms with E-state index in [4.69, 9.17) is 0 Å². The number of likely N-dealkylation sites (tertiary alicyclic amines) is 1. The first kappa shape index (κ1) is 28.4. The van der Waals surface area contributed by atoms with Gasteiger partial charge in [-0.3, -0.25) is 19.5 Å². The van der Waals surface area contributed by atoms with Gasteiger partial charge in [0.1, 0.15) is 0 Å². The molecule has 1 amide bonds. The Balaban J connectivity index is 1.42. The molecule has 1 aliphatic heterocycles. The van der Waals surface area contributed by atoms with Crippen molar-refractivity contribution in [3.63, 3.8) is 0 Å². The molecule has 5 rings (SSSR count). The predicted octanol–water partition coefficient (Wildman–Crippen LogP) is 6.01. The van der Waals surface area contributed by atoms with Gasteiger partial charge in [0.25, 0.3) is 11.5 Å². The van der Waals surface area contributed by atoms with E-state index < -0.39 is 12.0 Å². The molecule has 0 radical (unpaired) electrons. The molecule has 0 bridgehead atoms. The maximum atomic E-state index is 13.9. The summed E-state index contributed by atoms with van der Waals surface area (Å²) in [5.74, 6) is -0.561. The van der Waals surface area contributed by atoms with E-state index >= 15 is 0 Å². The Labute approximate surface area is 236 Å². The number of carbonyl (C=O) groups excluding carboxylic acids is 1. The Kier molecular flexibility index (Phi) is 8.96. The van der Waals surface area contributed by atoms with Gasteiger partial charge in [-0.05, 0) is 77.1 Å². The molecule has 214 valence electrons. The van der Waals surface area contributed by atoms with Crippen LogP contribution in [0.25, 0.3) is 11.0 Å². The molecule has 1 aromatic carbocycles. The number of nitrogens with zero attached hydrogens (tertiary/aromatic N) is 4. The van der Waals surface area contributed by atoms with Gasteiger partial charge in [-0.15, -0.1) is 0 Å². The van der Waals surface area contributed by atoms with E-state index in [1.165, 1.54) is 57.6 Å². The standard InChI is InChI=1S/C32H43N5O3/c1-21-15-17-26(36(21)25-11-7-5-4-6-8-12-25)19-22(2)37-29-14-10-9-13-28(29)35-30(32(37)40)31(39)34-24-16-18-27(23(3)38)33-20-24/h9-10,13-14,16,18,20-23,25-26,38H,4-8,11-12,15,17,19H2,1-3H3,(H,34,39)/t21?,22-,23?,26-/m0/s1. The lowest BCUT2D eigenvalue weighted by atomic mass is 9.94. The van der Waals surface area contributed by atoms with Crippen LogP contribution in [0.1, 0.15) is 113 Å². The number of aliphatic hydroxyl groups excluding tert-OH is 1. The van der Waals surface area contributed by atoms with Crippen molar-refractivity contribution >= 4 is 22.6 Å². The Bertz CT molecular complexity index is 1360. The van der Waals surface area contributed by atoms with Gasteiger partial charge in [-0.1, -0.05) is 44.2 Å². The summed E-state index contributed by atoms with van der Waals surface area (Å²) in [4.78, 5) is 38.6. The van der Waals surface area contributed by atoms with Crippen molar-refractivity contribution in [2.24, 2.45) is 0 Å². The minimum absolute atomic E-state index is 0.0923. The highest BCUT2D eigenvalue weighted by Crippen LogP contribution is 2.35. The molecule has 8 nitrogen and oxygen atoms in total. The topological polar surface area (TPSA) is 100 Å². The molecule has 2 aliphatic rings. The van der Waals surface area contributed by atoms with Crippen molar-refractivity contribution in [3.05, 3.63) is 64.3 Å². The smallest absolute Gasteiger partial charge is 0.282 e. The van der Waals surface area contributed by atoms with Crippen molar-refractivity contribution in [2.45, 2.75) is 115 Å². The number of fused-ring (bicyclic) bond motifs is 1. The number of amides is 1. The lowest BCUT2D eigenvalue weighted by molar-refractivity contribution is 0.101.